The number of anilines is 9. The zero-order valence-electron chi connectivity index (χ0n) is 64.4. The zero-order chi connectivity index (χ0) is 76.9. The topological polar surface area (TPSA) is 49.1 Å². The van der Waals surface area contributed by atoms with Gasteiger partial charge in [-0.15, -0.1) is 0 Å². The van der Waals surface area contributed by atoms with Crippen molar-refractivity contribution in [1.29, 1.82) is 0 Å². The molecule has 0 amide bonds. The molecule has 0 aliphatic rings. The average molecular weight is 1470 g/mol. The van der Waals surface area contributed by atoms with E-state index in [1.165, 1.54) is 66.8 Å². The quantitative estimate of drug-likeness (QED) is 0.102. The number of fused-ring (bicyclic) bond motifs is 9. The van der Waals surface area contributed by atoms with E-state index in [1.54, 1.807) is 0 Å². The van der Waals surface area contributed by atoms with Crippen LogP contribution in [0, 0.1) is 41.5 Å². The fourth-order valence-electron chi connectivity index (χ4n) is 16.3. The highest BCUT2D eigenvalue weighted by atomic mass is 16.3. The van der Waals surface area contributed by atoms with Gasteiger partial charge in [0.15, 0.2) is 0 Å². The van der Waals surface area contributed by atoms with Gasteiger partial charge in [-0.2, -0.15) is 0 Å². The molecule has 3 heterocycles. The van der Waals surface area contributed by atoms with E-state index in [-0.39, 0.29) is 0 Å². The Bertz CT molecular complexity index is 6580. The third-order valence-electron chi connectivity index (χ3n) is 22.3. The molecule has 6 nitrogen and oxygen atoms in total. The molecule has 0 fully saturated rings. The Morgan fingerprint density at radius 3 is 0.675 bits per heavy atom. The lowest BCUT2D eigenvalue weighted by atomic mass is 9.99. The van der Waals surface area contributed by atoms with E-state index in [1.807, 2.05) is 12.1 Å². The summed E-state index contributed by atoms with van der Waals surface area (Å²) in [5.41, 5.74) is 36.9. The number of hydrogen-bond donors (Lipinski definition) is 0. The van der Waals surface area contributed by atoms with Crippen LogP contribution in [0.1, 0.15) is 33.4 Å². The molecule has 0 N–H and O–H groups in total. The molecule has 0 saturated heterocycles. The van der Waals surface area contributed by atoms with E-state index in [0.717, 1.165) is 150 Å². The second-order valence-electron chi connectivity index (χ2n) is 30.1. The van der Waals surface area contributed by atoms with E-state index in [2.05, 4.69) is 426 Å². The molecule has 6 heteroatoms. The number of benzene rings is 17. The lowest BCUT2D eigenvalue weighted by Crippen LogP contribution is -2.11. The summed E-state index contributed by atoms with van der Waals surface area (Å²) in [6.45, 7) is 13.0. The van der Waals surface area contributed by atoms with Crippen molar-refractivity contribution in [2.24, 2.45) is 0 Å². The molecule has 0 atom stereocenters. The number of rotatable bonds is 15. The molecule has 546 valence electrons. The minimum absolute atomic E-state index is 0.889. The summed E-state index contributed by atoms with van der Waals surface area (Å²) < 4.78 is 18.6. The first-order valence-electron chi connectivity index (χ1n) is 39.1. The highest BCUT2D eigenvalue weighted by Crippen LogP contribution is 2.45. The number of hydrogen-bond acceptors (Lipinski definition) is 6. The van der Waals surface area contributed by atoms with Crippen molar-refractivity contribution < 1.29 is 13.3 Å². The lowest BCUT2D eigenvalue weighted by Gasteiger charge is -2.28. The van der Waals surface area contributed by atoms with Gasteiger partial charge in [0.2, 0.25) is 0 Å². The molecule has 114 heavy (non-hydrogen) atoms. The summed E-state index contributed by atoms with van der Waals surface area (Å²) in [6.07, 6.45) is 0. The summed E-state index contributed by atoms with van der Waals surface area (Å²) in [4.78, 5) is 7.04. The Morgan fingerprint density at radius 1 is 0.158 bits per heavy atom. The highest BCUT2D eigenvalue weighted by Gasteiger charge is 2.21. The zero-order valence-corrected chi connectivity index (χ0v) is 64.4. The number of nitrogens with zero attached hydrogens (tertiary/aromatic N) is 3. The van der Waals surface area contributed by atoms with Crippen molar-refractivity contribution in [3.05, 3.63) is 416 Å². The van der Waals surface area contributed by atoms with E-state index in [4.69, 9.17) is 13.3 Å². The lowest BCUT2D eigenvalue weighted by molar-refractivity contribution is 0.668. The molecule has 20 aromatic rings. The summed E-state index contributed by atoms with van der Waals surface area (Å²) in [5, 5.41) is 6.77. The van der Waals surface area contributed by atoms with Crippen molar-refractivity contribution in [1.82, 2.24) is 0 Å². The maximum Gasteiger partial charge on any atom is 0.135 e. The maximum absolute atomic E-state index is 6.32. The fourth-order valence-corrected chi connectivity index (χ4v) is 16.3. The summed E-state index contributed by atoms with van der Waals surface area (Å²) in [5.74, 6) is 0. The number of para-hydroxylation sites is 1. The molecule has 0 saturated carbocycles. The van der Waals surface area contributed by atoms with Crippen molar-refractivity contribution in [3.63, 3.8) is 0 Å². The van der Waals surface area contributed by atoms with Crippen LogP contribution in [0.2, 0.25) is 0 Å². The van der Waals surface area contributed by atoms with Crippen molar-refractivity contribution >= 4 is 117 Å². The van der Waals surface area contributed by atoms with Crippen LogP contribution in [0.15, 0.2) is 395 Å². The third kappa shape index (κ3) is 13.7. The van der Waals surface area contributed by atoms with Gasteiger partial charge in [0, 0.05) is 83.5 Å². The Hall–Kier alpha value is -14.5. The van der Waals surface area contributed by atoms with Crippen LogP contribution in [0.5, 0.6) is 0 Å². The van der Waals surface area contributed by atoms with Crippen molar-refractivity contribution in [3.8, 4) is 66.8 Å². The fraction of sp³-hybridized carbons (Fsp3) is 0.0556. The molecule has 0 aliphatic heterocycles. The standard InChI is InChI=1S/C76H56N2O2.C32H25NO/c1-49-15-37-71(51(3)43-49)77(65-33-21-57(22-34-65)61-27-41-75-69(47-61)67-45-59(25-39-73(67)79-75)53-11-7-5-8-12-53)63-29-17-55(18-30-63)56-19-31-64(32-20-56)78(72-38-16-50(2)44-52(72)4)66-35-23-58(24-36-66)62-28-42-76-70(48-62)68-46-60(26-40-74(68)80-76)54-13-9-6-10-14-54;1-22-7-14-26(15-8-22)33(27-16-9-23(2)10-17-27)28-18-11-24(12-19-28)25-13-20-32-30(21-25)29-5-3-4-6-31(29)34-32/h5-48H,1-4H3;3-21H,1-2H3. The molecule has 0 radical (unpaired) electrons. The van der Waals surface area contributed by atoms with Crippen LogP contribution in [0.4, 0.5) is 51.2 Å². The van der Waals surface area contributed by atoms with Crippen molar-refractivity contribution in [2.45, 2.75) is 41.5 Å². The number of aryl methyl sites for hydroxylation is 6. The predicted octanol–water partition coefficient (Wildman–Crippen LogP) is 31.3. The SMILES string of the molecule is Cc1ccc(N(c2ccc(-c3ccc(N(c4ccc(-c5ccc6oc7ccc(-c8ccccc8)cc7c6c5)cc4)c4ccc(C)cc4C)cc3)cc2)c2ccc(-c3ccc4oc5ccc(-c6ccccc6)cc5c4c3)cc2)c(C)c1.Cc1ccc(N(c2ccc(C)cc2)c2ccc(-c3ccc4oc5ccccc5c4c3)cc2)cc1. The van der Waals surface area contributed by atoms with E-state index in [0.29, 0.717) is 0 Å². The van der Waals surface area contributed by atoms with E-state index < -0.39 is 0 Å². The van der Waals surface area contributed by atoms with Crippen LogP contribution >= 0.6 is 0 Å². The minimum atomic E-state index is 0.889. The molecule has 0 unspecified atom stereocenters. The largest absolute Gasteiger partial charge is 0.456 e. The molecule has 0 spiro atoms. The molecular formula is C108H81N3O3. The molecular weight excluding hydrogens is 1390 g/mol. The van der Waals surface area contributed by atoms with E-state index in [9.17, 15) is 0 Å². The molecule has 3 aromatic heterocycles. The summed E-state index contributed by atoms with van der Waals surface area (Å²) in [7, 11) is 0. The average Bonchev–Trinajstić information content (AvgIpc) is 1.74. The van der Waals surface area contributed by atoms with Gasteiger partial charge in [-0.3, -0.25) is 0 Å². The van der Waals surface area contributed by atoms with Crippen LogP contribution in [0.25, 0.3) is 133 Å². The van der Waals surface area contributed by atoms with Gasteiger partial charge in [0.1, 0.15) is 33.5 Å². The highest BCUT2D eigenvalue weighted by molar-refractivity contribution is 6.10. The van der Waals surface area contributed by atoms with Gasteiger partial charge in [0.05, 0.1) is 0 Å². The van der Waals surface area contributed by atoms with Gasteiger partial charge < -0.3 is 28.0 Å². The smallest absolute Gasteiger partial charge is 0.135 e. The van der Waals surface area contributed by atoms with Gasteiger partial charge in [-0.25, -0.2) is 0 Å². The first kappa shape index (κ1) is 70.0. The Kier molecular flexibility index (Phi) is 18.3. The van der Waals surface area contributed by atoms with E-state index >= 15 is 0 Å². The monoisotopic (exact) mass is 1470 g/mol. The normalized spacial score (nSPS) is 11.4. The molecule has 0 aliphatic carbocycles. The second-order valence-corrected chi connectivity index (χ2v) is 30.1. The molecule has 20 rings (SSSR count). The Labute approximate surface area is 664 Å². The van der Waals surface area contributed by atoms with Gasteiger partial charge in [-0.05, 0) is 283 Å². The van der Waals surface area contributed by atoms with Crippen LogP contribution in [0.3, 0.4) is 0 Å². The molecule has 17 aromatic carbocycles. The van der Waals surface area contributed by atoms with Gasteiger partial charge in [0.25, 0.3) is 0 Å². The second kappa shape index (κ2) is 29.7. The Morgan fingerprint density at radius 2 is 0.377 bits per heavy atom. The summed E-state index contributed by atoms with van der Waals surface area (Å²) >= 11 is 0. The third-order valence-corrected chi connectivity index (χ3v) is 22.3. The minimum Gasteiger partial charge on any atom is -0.456 e. The van der Waals surface area contributed by atoms with Gasteiger partial charge in [-0.1, -0.05) is 241 Å². The summed E-state index contributed by atoms with van der Waals surface area (Å²) in [6, 6.07) is 137. The van der Waals surface area contributed by atoms with Crippen LogP contribution in [-0.2, 0) is 0 Å². The Balaban J connectivity index is 0.000000213. The number of furan rings is 3. The first-order valence-corrected chi connectivity index (χ1v) is 39.1. The maximum atomic E-state index is 6.32. The first-order chi connectivity index (χ1) is 55.9. The predicted molar refractivity (Wildman–Crippen MR) is 480 cm³/mol. The van der Waals surface area contributed by atoms with Crippen LogP contribution in [-0.4, -0.2) is 0 Å². The van der Waals surface area contributed by atoms with Crippen LogP contribution < -0.4 is 14.7 Å². The molecule has 0 bridgehead atoms. The van der Waals surface area contributed by atoms with Crippen molar-refractivity contribution in [2.75, 3.05) is 14.7 Å². The van der Waals surface area contributed by atoms with Gasteiger partial charge >= 0.3 is 0 Å².